The summed E-state index contributed by atoms with van der Waals surface area (Å²) in [6, 6.07) is 10.2. The fourth-order valence-electron chi connectivity index (χ4n) is 3.69. The van der Waals surface area contributed by atoms with E-state index in [1.165, 1.54) is 0 Å². The SMILES string of the molecule is CN(C)CCCN1N=C(c2ccccc2)CC2=C1CC(C)(C)CC2=O.O.[O-][Cl+3]([O-])([O-])O. The first-order valence-corrected chi connectivity index (χ1v) is 11.1. The standard InChI is InChI=1S/C21H29N3O.ClHO4.H2O/c1-21(2)14-19-17(20(25)15-21)13-18(16-9-6-5-7-10-16)22-24(19)12-8-11-23(3)4;2-1(3,4)5;/h5-7,9-10H,8,11-15H2,1-4H3;(H,2,3,4,5);1H2. The van der Waals surface area contributed by atoms with Crippen LogP contribution in [0.2, 0.25) is 0 Å². The molecule has 0 amide bonds. The highest BCUT2D eigenvalue weighted by molar-refractivity contribution is 6.09. The molecule has 0 saturated heterocycles. The predicted octanol–water partition coefficient (Wildman–Crippen LogP) is -1.26. The summed E-state index contributed by atoms with van der Waals surface area (Å²) in [6.07, 6.45) is 3.27. The summed E-state index contributed by atoms with van der Waals surface area (Å²) in [5, 5.41) is 7.07. The Bertz CT molecular complexity index is 797. The van der Waals surface area contributed by atoms with Crippen LogP contribution < -0.4 is 14.0 Å². The van der Waals surface area contributed by atoms with Crippen LogP contribution in [-0.4, -0.2) is 58.7 Å². The van der Waals surface area contributed by atoms with E-state index in [1.807, 2.05) is 18.2 Å². The minimum atomic E-state index is -4.69. The average Bonchev–Trinajstić information content (AvgIpc) is 2.60. The monoisotopic (exact) mass is 457 g/mol. The lowest BCUT2D eigenvalue weighted by molar-refractivity contribution is -1.92. The normalized spacial score (nSPS) is 18.0. The van der Waals surface area contributed by atoms with Gasteiger partial charge in [-0.1, -0.05) is 44.2 Å². The van der Waals surface area contributed by atoms with Crippen LogP contribution >= 0.6 is 0 Å². The van der Waals surface area contributed by atoms with Crippen molar-refractivity contribution in [2.24, 2.45) is 10.5 Å². The molecule has 1 heterocycles. The van der Waals surface area contributed by atoms with Crippen LogP contribution in [0.25, 0.3) is 0 Å². The zero-order valence-corrected chi connectivity index (χ0v) is 19.2. The average molecular weight is 458 g/mol. The number of hydrazone groups is 1. The summed E-state index contributed by atoms with van der Waals surface area (Å²) in [5.74, 6) is 0.298. The van der Waals surface area contributed by atoms with E-state index >= 15 is 0 Å². The van der Waals surface area contributed by atoms with Crippen molar-refractivity contribution in [1.82, 2.24) is 9.91 Å². The van der Waals surface area contributed by atoms with Crippen molar-refractivity contribution in [2.75, 3.05) is 27.2 Å². The Morgan fingerprint density at radius 2 is 1.74 bits per heavy atom. The molecule has 2 aliphatic rings. The van der Waals surface area contributed by atoms with Gasteiger partial charge in [0.1, 0.15) is 0 Å². The second kappa shape index (κ2) is 11.1. The van der Waals surface area contributed by atoms with Crippen molar-refractivity contribution in [2.45, 2.75) is 39.5 Å². The second-order valence-corrected chi connectivity index (χ2v) is 9.42. The van der Waals surface area contributed by atoms with Crippen molar-refractivity contribution in [3.05, 3.63) is 47.2 Å². The Kier molecular flexibility index (Phi) is 9.77. The van der Waals surface area contributed by atoms with E-state index in [2.05, 4.69) is 50.0 Å². The number of benzene rings is 1. The molecule has 0 bridgehead atoms. The zero-order chi connectivity index (χ0) is 22.5. The molecule has 0 saturated carbocycles. The molecular formula is C21H32ClN3O6. The number of hydrogen-bond donors (Lipinski definition) is 1. The molecule has 1 aromatic rings. The topological polar surface area (TPSA) is 157 Å². The fraction of sp³-hybridized carbons (Fsp3) is 0.524. The van der Waals surface area contributed by atoms with Gasteiger partial charge >= 0.3 is 0 Å². The number of hydrogen-bond acceptors (Lipinski definition) is 8. The zero-order valence-electron chi connectivity index (χ0n) is 18.4. The van der Waals surface area contributed by atoms with Crippen LogP contribution in [0.4, 0.5) is 0 Å². The van der Waals surface area contributed by atoms with Gasteiger partial charge in [-0.3, -0.25) is 9.80 Å². The van der Waals surface area contributed by atoms with Crippen molar-refractivity contribution < 1.29 is 39.1 Å². The Labute approximate surface area is 185 Å². The van der Waals surface area contributed by atoms with E-state index in [4.69, 9.17) is 23.7 Å². The lowest BCUT2D eigenvalue weighted by Crippen LogP contribution is -2.58. The molecule has 0 radical (unpaired) electrons. The van der Waals surface area contributed by atoms with Crippen molar-refractivity contribution >= 4 is 11.5 Å². The number of ketones is 1. The molecule has 31 heavy (non-hydrogen) atoms. The number of halogens is 1. The van der Waals surface area contributed by atoms with Gasteiger partial charge in [0.25, 0.3) is 0 Å². The molecule has 3 rings (SSSR count). The first kappa shape index (κ1) is 27.2. The van der Waals surface area contributed by atoms with Crippen LogP contribution in [0.1, 0.15) is 45.1 Å². The molecule has 3 N–H and O–H groups in total. The van der Waals surface area contributed by atoms with E-state index in [1.54, 1.807) is 0 Å². The number of Topliss-reactive ketones (excluding diaryl/α,β-unsaturated/α-hetero) is 1. The van der Waals surface area contributed by atoms with E-state index in [0.29, 0.717) is 18.6 Å². The molecule has 0 aromatic heterocycles. The van der Waals surface area contributed by atoms with E-state index in [9.17, 15) is 4.79 Å². The molecule has 10 heteroatoms. The van der Waals surface area contributed by atoms with E-state index in [-0.39, 0.29) is 10.9 Å². The van der Waals surface area contributed by atoms with Crippen molar-refractivity contribution in [3.8, 4) is 0 Å². The molecule has 0 fully saturated rings. The third-order valence-corrected chi connectivity index (χ3v) is 4.95. The summed E-state index contributed by atoms with van der Waals surface area (Å²) in [4.78, 5) is 15.0. The van der Waals surface area contributed by atoms with Crippen LogP contribution in [-0.2, 0) is 4.79 Å². The minimum Gasteiger partial charge on any atom is -0.412 e. The molecule has 1 aromatic carbocycles. The van der Waals surface area contributed by atoms with Gasteiger partial charge in [0.15, 0.2) is 5.78 Å². The lowest BCUT2D eigenvalue weighted by atomic mass is 9.74. The second-order valence-electron chi connectivity index (χ2n) is 8.63. The van der Waals surface area contributed by atoms with Crippen LogP contribution in [0, 0.1) is 15.7 Å². The molecule has 0 atom stereocenters. The maximum atomic E-state index is 12.8. The van der Waals surface area contributed by atoms with E-state index < -0.39 is 10.2 Å². The summed E-state index contributed by atoms with van der Waals surface area (Å²) >= 11 is 0. The molecule has 0 unspecified atom stereocenters. The Morgan fingerprint density at radius 3 is 2.29 bits per heavy atom. The summed E-state index contributed by atoms with van der Waals surface area (Å²) in [7, 11) is -0.514. The Hall–Kier alpha value is -1.85. The van der Waals surface area contributed by atoms with Crippen molar-refractivity contribution in [1.29, 1.82) is 0 Å². The molecular weight excluding hydrogens is 426 g/mol. The third kappa shape index (κ3) is 9.04. The summed E-state index contributed by atoms with van der Waals surface area (Å²) < 4.78 is 32.7. The van der Waals surface area contributed by atoms with Gasteiger partial charge in [-0.15, -0.1) is 0 Å². The van der Waals surface area contributed by atoms with Gasteiger partial charge in [-0.2, -0.15) is 19.1 Å². The number of carbonyl (C=O) groups excluding carboxylic acids is 1. The molecule has 0 spiro atoms. The van der Waals surface area contributed by atoms with Crippen molar-refractivity contribution in [3.63, 3.8) is 0 Å². The largest absolute Gasteiger partial charge is 0.412 e. The Morgan fingerprint density at radius 1 is 1.16 bits per heavy atom. The molecule has 9 nitrogen and oxygen atoms in total. The minimum absolute atomic E-state index is 0. The Balaban J connectivity index is 0.000000721. The fourth-order valence-corrected chi connectivity index (χ4v) is 3.69. The third-order valence-electron chi connectivity index (χ3n) is 4.95. The first-order valence-electron chi connectivity index (χ1n) is 9.79. The van der Waals surface area contributed by atoms with Crippen LogP contribution in [0.5, 0.6) is 0 Å². The first-order chi connectivity index (χ1) is 13.9. The van der Waals surface area contributed by atoms with Gasteiger partial charge in [-0.05, 0) is 44.5 Å². The number of nitrogens with zero attached hydrogens (tertiary/aromatic N) is 3. The summed E-state index contributed by atoms with van der Waals surface area (Å²) in [6.45, 7) is 6.25. The number of carbonyl (C=O) groups is 1. The van der Waals surface area contributed by atoms with Gasteiger partial charge in [0.05, 0.1) is 20.6 Å². The molecule has 174 valence electrons. The van der Waals surface area contributed by atoms with E-state index in [0.717, 1.165) is 48.5 Å². The van der Waals surface area contributed by atoms with Gasteiger partial charge in [0, 0.05) is 30.7 Å². The number of rotatable bonds is 5. The highest BCUT2D eigenvalue weighted by Gasteiger charge is 2.37. The smallest absolute Gasteiger partial charge is 0.161 e. The lowest BCUT2D eigenvalue weighted by Gasteiger charge is -2.39. The quantitative estimate of drug-likeness (QED) is 0.578. The molecule has 1 aliphatic heterocycles. The molecule has 1 aliphatic carbocycles. The predicted molar refractivity (Wildman–Crippen MR) is 108 cm³/mol. The highest BCUT2D eigenvalue weighted by atomic mass is 35.7. The van der Waals surface area contributed by atoms with Crippen LogP contribution in [0.3, 0.4) is 0 Å². The maximum absolute atomic E-state index is 12.8. The van der Waals surface area contributed by atoms with Crippen LogP contribution in [0.15, 0.2) is 46.7 Å². The summed E-state index contributed by atoms with van der Waals surface area (Å²) in [5.41, 5.74) is 4.29. The van der Waals surface area contributed by atoms with Gasteiger partial charge < -0.3 is 10.4 Å². The maximum Gasteiger partial charge on any atom is 0.161 e. The van der Waals surface area contributed by atoms with Gasteiger partial charge in [-0.25, -0.2) is 0 Å². The van der Waals surface area contributed by atoms with Gasteiger partial charge in [0.2, 0.25) is 0 Å². The highest BCUT2D eigenvalue weighted by Crippen LogP contribution is 2.41. The number of allylic oxidation sites excluding steroid dienone is 2.